The minimum absolute atomic E-state index is 0.0227. The van der Waals surface area contributed by atoms with Crippen LogP contribution < -0.4 is 5.23 Å². The Kier molecular flexibility index (Phi) is 2.75. The number of nitrogens with zero attached hydrogens (tertiary/aromatic N) is 4. The molecule has 0 aliphatic heterocycles. The zero-order chi connectivity index (χ0) is 15.1. The summed E-state index contributed by atoms with van der Waals surface area (Å²) in [7, 11) is 0. The number of pyridine rings is 3. The van der Waals surface area contributed by atoms with Crippen molar-refractivity contribution in [1.29, 1.82) is 0 Å². The van der Waals surface area contributed by atoms with E-state index >= 15 is 0 Å². The first kappa shape index (κ1) is 12.7. The van der Waals surface area contributed by atoms with Crippen LogP contribution in [0.1, 0.15) is 0 Å². The third-order valence-electron chi connectivity index (χ3n) is 3.51. The van der Waals surface area contributed by atoms with Crippen molar-refractivity contribution in [3.63, 3.8) is 0 Å². The summed E-state index contributed by atoms with van der Waals surface area (Å²) in [6.45, 7) is 0. The summed E-state index contributed by atoms with van der Waals surface area (Å²) < 4.78 is 0. The molecule has 0 atom stereocenters. The van der Waals surface area contributed by atoms with Crippen molar-refractivity contribution < 1.29 is 10.4 Å². The third-order valence-corrected chi connectivity index (χ3v) is 3.51. The van der Waals surface area contributed by atoms with Gasteiger partial charge in [-0.15, -0.1) is 5.23 Å². The van der Waals surface area contributed by atoms with Crippen molar-refractivity contribution in [1.82, 2.24) is 19.9 Å². The molecule has 0 aromatic carbocycles. The lowest BCUT2D eigenvalue weighted by Gasteiger charge is -2.07. The summed E-state index contributed by atoms with van der Waals surface area (Å²) in [5, 5.41) is 19.8. The number of H-pyrrole nitrogens is 1. The number of hydrogen-bond donors (Lipinski definition) is 3. The van der Waals surface area contributed by atoms with Gasteiger partial charge in [0, 0.05) is 34.9 Å². The molecule has 7 heteroatoms. The molecule has 0 saturated carbocycles. The zero-order valence-corrected chi connectivity index (χ0v) is 11.3. The summed E-state index contributed by atoms with van der Waals surface area (Å²) in [5.41, 5.74) is 3.28. The van der Waals surface area contributed by atoms with Gasteiger partial charge in [-0.2, -0.15) is 0 Å². The zero-order valence-electron chi connectivity index (χ0n) is 11.3. The smallest absolute Gasteiger partial charge is 0.183 e. The van der Waals surface area contributed by atoms with Gasteiger partial charge in [0.1, 0.15) is 5.65 Å². The highest BCUT2D eigenvalue weighted by Crippen LogP contribution is 2.26. The minimum atomic E-state index is -0.0227. The molecule has 108 valence electrons. The quantitative estimate of drug-likeness (QED) is 0.492. The lowest BCUT2D eigenvalue weighted by atomic mass is 10.1. The molecule has 4 aromatic heterocycles. The molecular weight excluding hydrogens is 282 g/mol. The molecule has 22 heavy (non-hydrogen) atoms. The molecule has 4 aromatic rings. The molecule has 7 nitrogen and oxygen atoms in total. The third kappa shape index (κ3) is 1.96. The predicted molar refractivity (Wildman–Crippen MR) is 80.7 cm³/mol. The maximum Gasteiger partial charge on any atom is 0.183 e. The Morgan fingerprint density at radius 1 is 0.955 bits per heavy atom. The van der Waals surface area contributed by atoms with E-state index in [1.54, 1.807) is 12.3 Å². The van der Waals surface area contributed by atoms with Gasteiger partial charge in [0.05, 0.1) is 11.2 Å². The topological polar surface area (TPSA) is 98.2 Å². The van der Waals surface area contributed by atoms with Gasteiger partial charge in [-0.3, -0.25) is 15.4 Å². The molecule has 0 aliphatic rings. The number of fused-ring (bicyclic) bond motifs is 3. The Bertz CT molecular complexity index is 963. The molecular formula is C15H11N5O2. The van der Waals surface area contributed by atoms with E-state index in [4.69, 9.17) is 10.4 Å². The number of nitrogens with one attached hydrogen (secondary N) is 1. The second kappa shape index (κ2) is 4.76. The van der Waals surface area contributed by atoms with E-state index in [1.807, 2.05) is 24.4 Å². The Balaban J connectivity index is 1.83. The van der Waals surface area contributed by atoms with E-state index in [0.717, 1.165) is 33.2 Å². The fourth-order valence-corrected chi connectivity index (χ4v) is 2.43. The normalized spacial score (nSPS) is 11.2. The Labute approximate surface area is 124 Å². The SMILES string of the molecule is ON(O)c1ccc(-c2ccc3c(n2)[nH]c2ccncc23)cn1. The van der Waals surface area contributed by atoms with Crippen molar-refractivity contribution in [2.75, 3.05) is 5.23 Å². The maximum absolute atomic E-state index is 8.91. The Morgan fingerprint density at radius 2 is 1.86 bits per heavy atom. The molecule has 0 unspecified atom stereocenters. The highest BCUT2D eigenvalue weighted by atomic mass is 16.8. The van der Waals surface area contributed by atoms with Gasteiger partial charge in [-0.05, 0) is 30.3 Å². The summed E-state index contributed by atoms with van der Waals surface area (Å²) in [6.07, 6.45) is 5.08. The number of hydrogen-bond acceptors (Lipinski definition) is 6. The highest BCUT2D eigenvalue weighted by Gasteiger charge is 2.08. The monoisotopic (exact) mass is 293 g/mol. The summed E-state index contributed by atoms with van der Waals surface area (Å²) in [5.74, 6) is 0.0431. The minimum Gasteiger partial charge on any atom is -0.339 e. The number of aromatic nitrogens is 4. The molecule has 0 aliphatic carbocycles. The van der Waals surface area contributed by atoms with Crippen LogP contribution in [0.25, 0.3) is 33.2 Å². The molecule has 0 amide bonds. The van der Waals surface area contributed by atoms with Crippen LogP contribution in [0, 0.1) is 0 Å². The van der Waals surface area contributed by atoms with Crippen LogP contribution in [0.5, 0.6) is 0 Å². The fourth-order valence-electron chi connectivity index (χ4n) is 2.43. The average Bonchev–Trinajstić information content (AvgIpc) is 2.92. The lowest BCUT2D eigenvalue weighted by Crippen LogP contribution is -2.12. The molecule has 0 fully saturated rings. The van der Waals surface area contributed by atoms with E-state index < -0.39 is 0 Å². The fraction of sp³-hybridized carbons (Fsp3) is 0. The number of anilines is 1. The van der Waals surface area contributed by atoms with Gasteiger partial charge in [-0.25, -0.2) is 9.97 Å². The highest BCUT2D eigenvalue weighted by molar-refractivity contribution is 6.05. The first-order valence-electron chi connectivity index (χ1n) is 6.59. The van der Waals surface area contributed by atoms with Crippen LogP contribution in [-0.2, 0) is 0 Å². The second-order valence-corrected chi connectivity index (χ2v) is 4.83. The van der Waals surface area contributed by atoms with E-state index in [0.29, 0.717) is 0 Å². The van der Waals surface area contributed by atoms with Crippen LogP contribution in [0.15, 0.2) is 48.9 Å². The summed E-state index contributed by atoms with van der Waals surface area (Å²) >= 11 is 0. The van der Waals surface area contributed by atoms with Crippen molar-refractivity contribution in [3.05, 3.63) is 48.9 Å². The van der Waals surface area contributed by atoms with Crippen molar-refractivity contribution in [3.8, 4) is 11.3 Å². The van der Waals surface area contributed by atoms with E-state index in [2.05, 4.69) is 19.9 Å². The van der Waals surface area contributed by atoms with E-state index in [-0.39, 0.29) is 11.0 Å². The largest absolute Gasteiger partial charge is 0.339 e. The Hall–Kier alpha value is -3.03. The van der Waals surface area contributed by atoms with Gasteiger partial charge in [0.25, 0.3) is 0 Å². The van der Waals surface area contributed by atoms with Crippen LogP contribution in [0.3, 0.4) is 0 Å². The van der Waals surface area contributed by atoms with Gasteiger partial charge < -0.3 is 4.98 Å². The van der Waals surface area contributed by atoms with Crippen molar-refractivity contribution >= 4 is 27.8 Å². The van der Waals surface area contributed by atoms with E-state index in [9.17, 15) is 0 Å². The number of aromatic amines is 1. The Morgan fingerprint density at radius 3 is 2.64 bits per heavy atom. The molecule has 0 saturated heterocycles. The molecule has 0 bridgehead atoms. The van der Waals surface area contributed by atoms with Crippen LogP contribution in [0.2, 0.25) is 0 Å². The van der Waals surface area contributed by atoms with Gasteiger partial charge in [0.15, 0.2) is 5.82 Å². The molecule has 0 radical (unpaired) electrons. The maximum atomic E-state index is 8.91. The van der Waals surface area contributed by atoms with Crippen LogP contribution in [0.4, 0.5) is 5.82 Å². The average molecular weight is 293 g/mol. The summed E-state index contributed by atoms with van der Waals surface area (Å²) in [4.78, 5) is 15.9. The van der Waals surface area contributed by atoms with Crippen LogP contribution >= 0.6 is 0 Å². The van der Waals surface area contributed by atoms with Crippen molar-refractivity contribution in [2.45, 2.75) is 0 Å². The van der Waals surface area contributed by atoms with E-state index in [1.165, 1.54) is 12.3 Å². The molecule has 4 heterocycles. The van der Waals surface area contributed by atoms with Crippen LogP contribution in [-0.4, -0.2) is 30.4 Å². The second-order valence-electron chi connectivity index (χ2n) is 4.83. The molecule has 0 spiro atoms. The van der Waals surface area contributed by atoms with Crippen molar-refractivity contribution in [2.24, 2.45) is 0 Å². The lowest BCUT2D eigenvalue weighted by molar-refractivity contribution is 0.0268. The number of rotatable bonds is 2. The van der Waals surface area contributed by atoms with Gasteiger partial charge >= 0.3 is 0 Å². The van der Waals surface area contributed by atoms with Gasteiger partial charge in [0.2, 0.25) is 0 Å². The predicted octanol–water partition coefficient (Wildman–Crippen LogP) is 2.76. The molecule has 3 N–H and O–H groups in total. The van der Waals surface area contributed by atoms with Gasteiger partial charge in [-0.1, -0.05) is 0 Å². The molecule has 4 rings (SSSR count). The first-order valence-corrected chi connectivity index (χ1v) is 6.59. The summed E-state index contributed by atoms with van der Waals surface area (Å²) in [6, 6.07) is 9.01. The standard InChI is InChI=1S/C15H11N5O2/c21-20(22)14-4-1-9(7-17-14)12-3-2-10-11-8-16-6-5-13(11)19-15(10)18-12/h1-8,21-22H,(H,18,19). The first-order chi connectivity index (χ1) is 10.7.